The molecule has 62 heavy (non-hydrogen) atoms. The first-order chi connectivity index (χ1) is 30.5. The fraction of sp³-hybridized carbons (Fsp3) is 0.732. The van der Waals surface area contributed by atoms with Crippen LogP contribution in [-0.4, -0.2) is 37.2 Å². The van der Waals surface area contributed by atoms with Gasteiger partial charge >= 0.3 is 17.9 Å². The van der Waals surface area contributed by atoms with Crippen molar-refractivity contribution in [2.45, 2.75) is 252 Å². The lowest BCUT2D eigenvalue weighted by atomic mass is 10.1. The van der Waals surface area contributed by atoms with Gasteiger partial charge in [-0.3, -0.25) is 14.4 Å². The molecule has 0 N–H and O–H groups in total. The molecule has 0 aromatic carbocycles. The van der Waals surface area contributed by atoms with Gasteiger partial charge in [-0.05, 0) is 64.2 Å². The van der Waals surface area contributed by atoms with Crippen molar-refractivity contribution >= 4 is 17.9 Å². The van der Waals surface area contributed by atoms with E-state index in [1.54, 1.807) is 0 Å². The highest BCUT2D eigenvalue weighted by Crippen LogP contribution is 2.15. The highest BCUT2D eigenvalue weighted by molar-refractivity contribution is 5.71. The third kappa shape index (κ3) is 47.9. The standard InChI is InChI=1S/C56H96O6/c1-4-7-10-13-16-19-22-24-26-27-28-29-31-32-34-37-40-43-46-49-55(58)61-52-53(51-60-54(57)48-45-42-39-36-21-18-15-12-9-6-3)62-56(59)50-47-44-41-38-35-33-30-25-23-20-17-14-11-8-5-2/h8,11,14,16-17,19-20,22-25,30,53H,4-7,9-10,12-13,15,18,21,26-29,31-52H2,1-3H3/b11-8-,17-14-,19-16-,23-20-,24-22-,30-25-. The Kier molecular flexibility index (Phi) is 47.9. The Bertz CT molecular complexity index is 1180. The van der Waals surface area contributed by atoms with Gasteiger partial charge in [0.05, 0.1) is 0 Å². The van der Waals surface area contributed by atoms with Crippen molar-refractivity contribution in [3.05, 3.63) is 72.9 Å². The molecule has 0 saturated carbocycles. The second-order valence-corrected chi connectivity index (χ2v) is 17.2. The highest BCUT2D eigenvalue weighted by atomic mass is 16.6. The Morgan fingerprint density at radius 1 is 0.339 bits per heavy atom. The first-order valence-corrected chi connectivity index (χ1v) is 26.0. The van der Waals surface area contributed by atoms with Gasteiger partial charge in [-0.25, -0.2) is 0 Å². The zero-order valence-corrected chi connectivity index (χ0v) is 40.6. The molecule has 0 spiro atoms. The molecule has 6 heteroatoms. The summed E-state index contributed by atoms with van der Waals surface area (Å²) in [5.74, 6) is -0.911. The molecule has 0 fully saturated rings. The van der Waals surface area contributed by atoms with Crippen LogP contribution in [0.15, 0.2) is 72.9 Å². The minimum absolute atomic E-state index is 0.0849. The van der Waals surface area contributed by atoms with Gasteiger partial charge in [0.2, 0.25) is 0 Å². The molecule has 0 rings (SSSR count). The molecule has 0 heterocycles. The number of carbonyl (C=O) groups is 3. The average Bonchev–Trinajstić information content (AvgIpc) is 3.27. The number of unbranched alkanes of at least 4 members (excludes halogenated alkanes) is 27. The topological polar surface area (TPSA) is 78.9 Å². The van der Waals surface area contributed by atoms with Crippen molar-refractivity contribution in [2.75, 3.05) is 13.2 Å². The van der Waals surface area contributed by atoms with Gasteiger partial charge in [-0.2, -0.15) is 0 Å². The van der Waals surface area contributed by atoms with Gasteiger partial charge in [0.1, 0.15) is 13.2 Å². The monoisotopic (exact) mass is 865 g/mol. The van der Waals surface area contributed by atoms with E-state index in [-0.39, 0.29) is 31.1 Å². The molecular weight excluding hydrogens is 769 g/mol. The Labute approximate surface area is 382 Å². The molecule has 0 bridgehead atoms. The number of esters is 3. The fourth-order valence-electron chi connectivity index (χ4n) is 7.15. The van der Waals surface area contributed by atoms with Crippen molar-refractivity contribution in [3.8, 4) is 0 Å². The van der Waals surface area contributed by atoms with Crippen molar-refractivity contribution in [1.29, 1.82) is 0 Å². The molecule has 1 unspecified atom stereocenters. The van der Waals surface area contributed by atoms with Crippen LogP contribution in [0.4, 0.5) is 0 Å². The van der Waals surface area contributed by atoms with E-state index in [4.69, 9.17) is 14.2 Å². The summed E-state index contributed by atoms with van der Waals surface area (Å²) in [5, 5.41) is 0. The van der Waals surface area contributed by atoms with E-state index >= 15 is 0 Å². The molecule has 6 nitrogen and oxygen atoms in total. The van der Waals surface area contributed by atoms with Crippen LogP contribution in [0.3, 0.4) is 0 Å². The minimum Gasteiger partial charge on any atom is -0.462 e. The van der Waals surface area contributed by atoms with Gasteiger partial charge in [0.15, 0.2) is 6.10 Å². The number of carbonyl (C=O) groups excluding carboxylic acids is 3. The smallest absolute Gasteiger partial charge is 0.306 e. The summed E-state index contributed by atoms with van der Waals surface area (Å²) in [5.41, 5.74) is 0. The molecule has 0 aromatic rings. The molecule has 0 amide bonds. The Hall–Kier alpha value is -3.15. The second-order valence-electron chi connectivity index (χ2n) is 17.2. The average molecular weight is 865 g/mol. The third-order valence-electron chi connectivity index (χ3n) is 11.1. The lowest BCUT2D eigenvalue weighted by molar-refractivity contribution is -0.167. The maximum atomic E-state index is 12.8. The second kappa shape index (κ2) is 50.5. The molecule has 0 radical (unpaired) electrons. The van der Waals surface area contributed by atoms with E-state index in [1.807, 2.05) is 18.2 Å². The lowest BCUT2D eigenvalue weighted by Gasteiger charge is -2.18. The maximum absolute atomic E-state index is 12.8. The summed E-state index contributed by atoms with van der Waals surface area (Å²) in [6, 6.07) is 0. The van der Waals surface area contributed by atoms with Crippen LogP contribution < -0.4 is 0 Å². The summed E-state index contributed by atoms with van der Waals surface area (Å²) < 4.78 is 16.8. The molecule has 1 atom stereocenters. The summed E-state index contributed by atoms with van der Waals surface area (Å²) in [4.78, 5) is 37.9. The van der Waals surface area contributed by atoms with Crippen LogP contribution in [0, 0.1) is 0 Å². The number of rotatable bonds is 46. The van der Waals surface area contributed by atoms with Crippen molar-refractivity contribution in [1.82, 2.24) is 0 Å². The summed E-state index contributed by atoms with van der Waals surface area (Å²) in [7, 11) is 0. The minimum atomic E-state index is -0.786. The molecule has 0 aliphatic rings. The quantitative estimate of drug-likeness (QED) is 0.0262. The first-order valence-electron chi connectivity index (χ1n) is 26.0. The lowest BCUT2D eigenvalue weighted by Crippen LogP contribution is -2.30. The number of hydrogen-bond acceptors (Lipinski definition) is 6. The van der Waals surface area contributed by atoms with Crippen LogP contribution in [0.2, 0.25) is 0 Å². The highest BCUT2D eigenvalue weighted by Gasteiger charge is 2.19. The summed E-state index contributed by atoms with van der Waals surface area (Å²) >= 11 is 0. The predicted molar refractivity (Wildman–Crippen MR) is 265 cm³/mol. The van der Waals surface area contributed by atoms with E-state index < -0.39 is 6.10 Å². The van der Waals surface area contributed by atoms with Crippen molar-refractivity contribution in [2.24, 2.45) is 0 Å². The summed E-state index contributed by atoms with van der Waals surface area (Å²) in [6.45, 7) is 6.44. The predicted octanol–water partition coefficient (Wildman–Crippen LogP) is 17.0. The van der Waals surface area contributed by atoms with Crippen LogP contribution in [0.25, 0.3) is 0 Å². The van der Waals surface area contributed by atoms with Gasteiger partial charge in [0.25, 0.3) is 0 Å². The van der Waals surface area contributed by atoms with Crippen LogP contribution in [0.1, 0.15) is 245 Å². The largest absolute Gasteiger partial charge is 0.462 e. The van der Waals surface area contributed by atoms with Gasteiger partial charge < -0.3 is 14.2 Å². The van der Waals surface area contributed by atoms with Crippen molar-refractivity contribution in [3.63, 3.8) is 0 Å². The zero-order chi connectivity index (χ0) is 45.1. The fourth-order valence-corrected chi connectivity index (χ4v) is 7.15. The van der Waals surface area contributed by atoms with E-state index in [0.29, 0.717) is 19.3 Å². The van der Waals surface area contributed by atoms with E-state index in [0.717, 1.165) is 83.5 Å². The van der Waals surface area contributed by atoms with Crippen LogP contribution >= 0.6 is 0 Å². The zero-order valence-electron chi connectivity index (χ0n) is 40.6. The van der Waals surface area contributed by atoms with Crippen molar-refractivity contribution < 1.29 is 28.6 Å². The number of allylic oxidation sites excluding steroid dienone is 12. The van der Waals surface area contributed by atoms with Gasteiger partial charge in [-0.1, -0.05) is 235 Å². The van der Waals surface area contributed by atoms with E-state index in [2.05, 4.69) is 75.5 Å². The summed E-state index contributed by atoms with van der Waals surface area (Å²) in [6.07, 6.45) is 63.1. The van der Waals surface area contributed by atoms with E-state index in [9.17, 15) is 14.4 Å². The Morgan fingerprint density at radius 3 is 1.03 bits per heavy atom. The molecule has 0 aliphatic heterocycles. The number of hydrogen-bond donors (Lipinski definition) is 0. The third-order valence-corrected chi connectivity index (χ3v) is 11.1. The molecule has 356 valence electrons. The molecular formula is C56H96O6. The maximum Gasteiger partial charge on any atom is 0.306 e. The van der Waals surface area contributed by atoms with Gasteiger partial charge in [-0.15, -0.1) is 0 Å². The van der Waals surface area contributed by atoms with Crippen LogP contribution in [-0.2, 0) is 28.6 Å². The van der Waals surface area contributed by atoms with Gasteiger partial charge in [0, 0.05) is 19.3 Å². The first kappa shape index (κ1) is 58.9. The van der Waals surface area contributed by atoms with E-state index in [1.165, 1.54) is 122 Å². The molecule has 0 saturated heterocycles. The Balaban J connectivity index is 4.36. The molecule has 0 aliphatic carbocycles. The van der Waals surface area contributed by atoms with Crippen LogP contribution in [0.5, 0.6) is 0 Å². The molecule has 0 aromatic heterocycles. The normalized spacial score (nSPS) is 12.6. The Morgan fingerprint density at radius 2 is 0.629 bits per heavy atom. The number of ether oxygens (including phenoxy) is 3. The SMILES string of the molecule is CC\C=C/C=C\C=C/C=C\CCCCCCCC(=O)OC(COC(=O)CCCCCCCCCCCC)COC(=O)CCCCCCCCCCCC/C=C\C=C/CCCCC.